The number of hydrogen-bond donors (Lipinski definition) is 2. The second kappa shape index (κ2) is 7.01. The van der Waals surface area contributed by atoms with E-state index in [2.05, 4.69) is 58.0 Å². The highest BCUT2D eigenvalue weighted by atomic mass is 32.1. The first-order valence-corrected chi connectivity index (χ1v) is 11.0. The smallest absolute Gasteiger partial charge is 0.272 e. The predicted octanol–water partition coefficient (Wildman–Crippen LogP) is 4.34. The van der Waals surface area contributed by atoms with Crippen molar-refractivity contribution in [3.63, 3.8) is 0 Å². The number of thiophene rings is 1. The zero-order valence-electron chi connectivity index (χ0n) is 16.4. The van der Waals surface area contributed by atoms with E-state index >= 15 is 0 Å². The van der Waals surface area contributed by atoms with Crippen LogP contribution in [0, 0.1) is 6.92 Å². The summed E-state index contributed by atoms with van der Waals surface area (Å²) in [6.45, 7) is 2.10. The molecule has 5 rings (SSSR count). The highest BCUT2D eigenvalue weighted by Crippen LogP contribution is 2.33. The van der Waals surface area contributed by atoms with Crippen molar-refractivity contribution in [2.75, 3.05) is 7.05 Å². The SMILES string of the molecule is Cc1csc(-c2ccc3[nH]nc(C(=O)NC4CC5CCCC(C4)N5C)c3c2)c1. The van der Waals surface area contributed by atoms with Gasteiger partial charge in [-0.1, -0.05) is 12.5 Å². The first-order valence-electron chi connectivity index (χ1n) is 10.1. The van der Waals surface area contributed by atoms with Crippen molar-refractivity contribution in [2.24, 2.45) is 0 Å². The number of nitrogens with one attached hydrogen (secondary N) is 2. The Bertz CT molecular complexity index is 1010. The molecule has 0 saturated carbocycles. The number of hydrogen-bond acceptors (Lipinski definition) is 4. The number of nitrogens with zero attached hydrogens (tertiary/aromatic N) is 2. The Morgan fingerprint density at radius 2 is 2.04 bits per heavy atom. The summed E-state index contributed by atoms with van der Waals surface area (Å²) in [6, 6.07) is 9.82. The molecule has 1 aromatic carbocycles. The van der Waals surface area contributed by atoms with Gasteiger partial charge >= 0.3 is 0 Å². The molecule has 4 heterocycles. The summed E-state index contributed by atoms with van der Waals surface area (Å²) in [5, 5.41) is 13.7. The highest BCUT2D eigenvalue weighted by molar-refractivity contribution is 7.13. The molecule has 2 saturated heterocycles. The molecule has 2 aliphatic rings. The fourth-order valence-electron chi connectivity index (χ4n) is 4.91. The van der Waals surface area contributed by atoms with Gasteiger partial charge in [-0.05, 0) is 74.4 Å². The van der Waals surface area contributed by atoms with Gasteiger partial charge in [0.05, 0.1) is 5.52 Å². The molecule has 0 spiro atoms. The zero-order valence-corrected chi connectivity index (χ0v) is 17.2. The van der Waals surface area contributed by atoms with E-state index in [0.29, 0.717) is 17.8 Å². The molecule has 2 fully saturated rings. The number of aromatic nitrogens is 2. The topological polar surface area (TPSA) is 61.0 Å². The number of piperidine rings is 2. The van der Waals surface area contributed by atoms with E-state index in [-0.39, 0.29) is 11.9 Å². The highest BCUT2D eigenvalue weighted by Gasteiger charge is 2.36. The Hall–Kier alpha value is -2.18. The molecule has 0 aliphatic carbocycles. The lowest BCUT2D eigenvalue weighted by Gasteiger charge is -2.47. The number of aromatic amines is 1. The van der Waals surface area contributed by atoms with Gasteiger partial charge in [-0.25, -0.2) is 0 Å². The molecule has 28 heavy (non-hydrogen) atoms. The van der Waals surface area contributed by atoms with Crippen LogP contribution in [-0.2, 0) is 0 Å². The fourth-order valence-corrected chi connectivity index (χ4v) is 5.81. The number of amides is 1. The van der Waals surface area contributed by atoms with Crippen molar-refractivity contribution in [1.29, 1.82) is 0 Å². The van der Waals surface area contributed by atoms with Gasteiger partial charge in [-0.3, -0.25) is 9.89 Å². The van der Waals surface area contributed by atoms with Gasteiger partial charge in [-0.2, -0.15) is 5.10 Å². The van der Waals surface area contributed by atoms with E-state index in [0.717, 1.165) is 29.3 Å². The summed E-state index contributed by atoms with van der Waals surface area (Å²) in [5.74, 6) is -0.0570. The molecular formula is C22H26N4OS. The van der Waals surface area contributed by atoms with Crippen molar-refractivity contribution >= 4 is 28.1 Å². The van der Waals surface area contributed by atoms with Crippen LogP contribution in [0.15, 0.2) is 29.6 Å². The third kappa shape index (κ3) is 3.14. The van der Waals surface area contributed by atoms with E-state index in [9.17, 15) is 4.79 Å². The monoisotopic (exact) mass is 394 g/mol. The van der Waals surface area contributed by atoms with Crippen molar-refractivity contribution in [3.05, 3.63) is 40.9 Å². The van der Waals surface area contributed by atoms with Crippen LogP contribution < -0.4 is 5.32 Å². The molecule has 2 N–H and O–H groups in total. The summed E-state index contributed by atoms with van der Waals surface area (Å²) < 4.78 is 0. The molecule has 2 aromatic heterocycles. The minimum Gasteiger partial charge on any atom is -0.348 e. The van der Waals surface area contributed by atoms with E-state index in [4.69, 9.17) is 0 Å². The lowest BCUT2D eigenvalue weighted by molar-refractivity contribution is 0.0462. The van der Waals surface area contributed by atoms with Gasteiger partial charge < -0.3 is 10.2 Å². The summed E-state index contributed by atoms with van der Waals surface area (Å²) in [4.78, 5) is 16.8. The molecule has 2 atom stereocenters. The minimum atomic E-state index is -0.0570. The second-order valence-electron chi connectivity index (χ2n) is 8.37. The lowest BCUT2D eigenvalue weighted by atomic mass is 9.82. The zero-order chi connectivity index (χ0) is 19.3. The Morgan fingerprint density at radius 1 is 1.25 bits per heavy atom. The van der Waals surface area contributed by atoms with Crippen molar-refractivity contribution in [3.8, 4) is 10.4 Å². The standard InChI is InChI=1S/C22H26N4OS/c1-13-8-20(28-12-13)14-6-7-19-18(9-14)21(25-24-19)22(27)23-15-10-16-4-3-5-17(11-15)26(16)2/h6-9,12,15-17H,3-5,10-11H2,1-2H3,(H,23,27)(H,24,25). The van der Waals surface area contributed by atoms with E-state index in [1.807, 2.05) is 6.07 Å². The first kappa shape index (κ1) is 17.9. The van der Waals surface area contributed by atoms with E-state index in [1.54, 1.807) is 11.3 Å². The number of rotatable bonds is 3. The Balaban J connectivity index is 1.39. The molecule has 1 amide bonds. The lowest BCUT2D eigenvalue weighted by Crippen LogP contribution is -2.55. The average Bonchev–Trinajstić information content (AvgIpc) is 3.28. The maximum atomic E-state index is 13.0. The normalized spacial score (nSPS) is 25.1. The quantitative estimate of drug-likeness (QED) is 0.694. The van der Waals surface area contributed by atoms with Crippen LogP contribution in [0.3, 0.4) is 0 Å². The Kier molecular flexibility index (Phi) is 4.48. The van der Waals surface area contributed by atoms with E-state index < -0.39 is 0 Å². The molecule has 2 aliphatic heterocycles. The number of H-pyrrole nitrogens is 1. The minimum absolute atomic E-state index is 0.0570. The number of aryl methyl sites for hydroxylation is 1. The van der Waals surface area contributed by atoms with Gasteiger partial charge in [0.1, 0.15) is 0 Å². The maximum absolute atomic E-state index is 13.0. The number of carbonyl (C=O) groups is 1. The molecule has 6 heteroatoms. The number of fused-ring (bicyclic) bond motifs is 3. The van der Waals surface area contributed by atoms with Crippen LogP contribution >= 0.6 is 11.3 Å². The molecular weight excluding hydrogens is 368 g/mol. The summed E-state index contributed by atoms with van der Waals surface area (Å²) in [6.07, 6.45) is 5.89. The van der Waals surface area contributed by atoms with Gasteiger partial charge in [0, 0.05) is 28.4 Å². The average molecular weight is 395 g/mol. The molecule has 146 valence electrons. The van der Waals surface area contributed by atoms with Crippen LogP contribution in [0.2, 0.25) is 0 Å². The van der Waals surface area contributed by atoms with Crippen molar-refractivity contribution in [2.45, 2.75) is 57.2 Å². The predicted molar refractivity (Wildman–Crippen MR) is 114 cm³/mol. The Labute approximate surface area is 169 Å². The largest absolute Gasteiger partial charge is 0.348 e. The first-order chi connectivity index (χ1) is 13.6. The fraction of sp³-hybridized carbons (Fsp3) is 0.455. The van der Waals surface area contributed by atoms with Crippen LogP contribution in [-0.4, -0.2) is 46.2 Å². The third-order valence-corrected chi connectivity index (χ3v) is 7.57. The van der Waals surface area contributed by atoms with Crippen LogP contribution in [0.4, 0.5) is 0 Å². The van der Waals surface area contributed by atoms with E-state index in [1.165, 1.54) is 29.7 Å². The second-order valence-corrected chi connectivity index (χ2v) is 9.28. The maximum Gasteiger partial charge on any atom is 0.272 e. The molecule has 2 bridgehead atoms. The molecule has 5 nitrogen and oxygen atoms in total. The molecule has 3 aromatic rings. The molecule has 0 radical (unpaired) electrons. The van der Waals surface area contributed by atoms with Crippen LogP contribution in [0.5, 0.6) is 0 Å². The number of carbonyl (C=O) groups excluding carboxylic acids is 1. The third-order valence-electron chi connectivity index (χ3n) is 6.47. The number of benzene rings is 1. The van der Waals surface area contributed by atoms with Crippen LogP contribution in [0.25, 0.3) is 21.3 Å². The van der Waals surface area contributed by atoms with Gasteiger partial charge in [0.2, 0.25) is 0 Å². The summed E-state index contributed by atoms with van der Waals surface area (Å²) in [5.41, 5.74) is 3.81. The van der Waals surface area contributed by atoms with Gasteiger partial charge in [0.25, 0.3) is 5.91 Å². The van der Waals surface area contributed by atoms with Crippen molar-refractivity contribution in [1.82, 2.24) is 20.4 Å². The summed E-state index contributed by atoms with van der Waals surface area (Å²) in [7, 11) is 2.24. The summed E-state index contributed by atoms with van der Waals surface area (Å²) >= 11 is 1.73. The van der Waals surface area contributed by atoms with Crippen molar-refractivity contribution < 1.29 is 4.79 Å². The van der Waals surface area contributed by atoms with Gasteiger partial charge in [-0.15, -0.1) is 11.3 Å². The van der Waals surface area contributed by atoms with Gasteiger partial charge in [0.15, 0.2) is 5.69 Å². The molecule has 2 unspecified atom stereocenters. The Morgan fingerprint density at radius 3 is 2.75 bits per heavy atom. The van der Waals surface area contributed by atoms with Crippen LogP contribution in [0.1, 0.15) is 48.2 Å².